The molecule has 0 aliphatic rings. The van der Waals surface area contributed by atoms with E-state index in [1.165, 1.54) is 0 Å². The van der Waals surface area contributed by atoms with Gasteiger partial charge >= 0.3 is 5.97 Å². The first kappa shape index (κ1) is 11.2. The minimum Gasteiger partial charge on any atom is -0.478 e. The highest BCUT2D eigenvalue weighted by molar-refractivity contribution is 5.96. The minimum atomic E-state index is -1.10. The average molecular weight is 204 g/mol. The van der Waals surface area contributed by atoms with Gasteiger partial charge in [0.15, 0.2) is 5.78 Å². The molecular formula is C12H12O3. The topological polar surface area (TPSA) is 54.4 Å². The lowest BCUT2D eigenvalue weighted by molar-refractivity contribution is -0.131. The fourth-order valence-electron chi connectivity index (χ4n) is 1.13. The van der Waals surface area contributed by atoms with Gasteiger partial charge in [-0.2, -0.15) is 0 Å². The normalized spacial score (nSPS) is 10.5. The predicted molar refractivity (Wildman–Crippen MR) is 56.7 cm³/mol. The van der Waals surface area contributed by atoms with E-state index in [1.54, 1.807) is 0 Å². The van der Waals surface area contributed by atoms with Crippen molar-refractivity contribution in [1.29, 1.82) is 0 Å². The van der Waals surface area contributed by atoms with Crippen LogP contribution in [0.15, 0.2) is 36.4 Å². The smallest absolute Gasteiger partial charge is 0.328 e. The third kappa shape index (κ3) is 4.22. The lowest BCUT2D eigenvalue weighted by Gasteiger charge is -1.97. The SMILES string of the molecule is Cc1ccc(CC(=O)/C=C/C(=O)O)cc1. The number of allylic oxidation sites excluding steroid dienone is 1. The van der Waals surface area contributed by atoms with E-state index in [4.69, 9.17) is 5.11 Å². The monoisotopic (exact) mass is 204 g/mol. The van der Waals surface area contributed by atoms with Gasteiger partial charge in [-0.25, -0.2) is 4.79 Å². The highest BCUT2D eigenvalue weighted by Gasteiger charge is 2.00. The molecule has 0 unspecified atom stereocenters. The van der Waals surface area contributed by atoms with Gasteiger partial charge < -0.3 is 5.11 Å². The molecule has 3 nitrogen and oxygen atoms in total. The summed E-state index contributed by atoms with van der Waals surface area (Å²) in [6, 6.07) is 7.57. The van der Waals surface area contributed by atoms with Crippen LogP contribution in [0.2, 0.25) is 0 Å². The molecule has 0 saturated carbocycles. The second-order valence-electron chi connectivity index (χ2n) is 3.30. The van der Waals surface area contributed by atoms with Gasteiger partial charge in [-0.05, 0) is 18.6 Å². The molecule has 0 aliphatic heterocycles. The van der Waals surface area contributed by atoms with Crippen molar-refractivity contribution in [3.8, 4) is 0 Å². The molecule has 1 N–H and O–H groups in total. The van der Waals surface area contributed by atoms with Crippen LogP contribution in [0.4, 0.5) is 0 Å². The van der Waals surface area contributed by atoms with Crippen molar-refractivity contribution in [3.05, 3.63) is 47.5 Å². The number of hydrogen-bond donors (Lipinski definition) is 1. The first-order valence-electron chi connectivity index (χ1n) is 4.57. The van der Waals surface area contributed by atoms with E-state index >= 15 is 0 Å². The van der Waals surface area contributed by atoms with Crippen LogP contribution in [0, 0.1) is 6.92 Å². The number of carbonyl (C=O) groups is 2. The summed E-state index contributed by atoms with van der Waals surface area (Å²) in [6.07, 6.45) is 2.18. The number of ketones is 1. The molecule has 0 bridgehead atoms. The Hall–Kier alpha value is -1.90. The van der Waals surface area contributed by atoms with Crippen LogP contribution in [0.5, 0.6) is 0 Å². The average Bonchev–Trinajstić information content (AvgIpc) is 2.19. The molecule has 0 amide bonds. The Morgan fingerprint density at radius 3 is 2.33 bits per heavy atom. The zero-order valence-corrected chi connectivity index (χ0v) is 8.43. The molecule has 0 saturated heterocycles. The van der Waals surface area contributed by atoms with Gasteiger partial charge in [-0.3, -0.25) is 4.79 Å². The highest BCUT2D eigenvalue weighted by Crippen LogP contribution is 2.04. The molecular weight excluding hydrogens is 192 g/mol. The zero-order valence-electron chi connectivity index (χ0n) is 8.43. The highest BCUT2D eigenvalue weighted by atomic mass is 16.4. The van der Waals surface area contributed by atoms with Crippen molar-refractivity contribution < 1.29 is 14.7 Å². The maximum atomic E-state index is 11.3. The van der Waals surface area contributed by atoms with Crippen molar-refractivity contribution in [2.75, 3.05) is 0 Å². The van der Waals surface area contributed by atoms with Gasteiger partial charge in [0.1, 0.15) is 0 Å². The predicted octanol–water partition coefficient (Wildman–Crippen LogP) is 1.75. The molecule has 0 heterocycles. The number of carboxylic acids is 1. The molecule has 3 heteroatoms. The van der Waals surface area contributed by atoms with E-state index in [2.05, 4.69) is 0 Å². The Labute approximate surface area is 88.0 Å². The Balaban J connectivity index is 2.59. The molecule has 0 fully saturated rings. The number of carbonyl (C=O) groups excluding carboxylic acids is 1. The van der Waals surface area contributed by atoms with Crippen molar-refractivity contribution in [2.24, 2.45) is 0 Å². The number of benzene rings is 1. The number of hydrogen-bond acceptors (Lipinski definition) is 2. The maximum absolute atomic E-state index is 11.3. The second kappa shape index (κ2) is 5.10. The van der Waals surface area contributed by atoms with Gasteiger partial charge in [0.25, 0.3) is 0 Å². The molecule has 0 aliphatic carbocycles. The minimum absolute atomic E-state index is 0.207. The van der Waals surface area contributed by atoms with E-state index in [9.17, 15) is 9.59 Å². The van der Waals surface area contributed by atoms with E-state index in [0.29, 0.717) is 0 Å². The van der Waals surface area contributed by atoms with E-state index < -0.39 is 5.97 Å². The fraction of sp³-hybridized carbons (Fsp3) is 0.167. The summed E-state index contributed by atoms with van der Waals surface area (Å²) >= 11 is 0. The van der Waals surface area contributed by atoms with Gasteiger partial charge in [-0.15, -0.1) is 0 Å². The van der Waals surface area contributed by atoms with Crippen LogP contribution >= 0.6 is 0 Å². The first-order chi connectivity index (χ1) is 7.08. The number of rotatable bonds is 4. The van der Waals surface area contributed by atoms with Crippen LogP contribution in [0.3, 0.4) is 0 Å². The zero-order chi connectivity index (χ0) is 11.3. The Kier molecular flexibility index (Phi) is 3.80. The molecule has 0 atom stereocenters. The number of aryl methyl sites for hydroxylation is 1. The van der Waals surface area contributed by atoms with Crippen molar-refractivity contribution in [3.63, 3.8) is 0 Å². The fourth-order valence-corrected chi connectivity index (χ4v) is 1.13. The molecule has 1 rings (SSSR count). The van der Waals surface area contributed by atoms with Gasteiger partial charge in [0.05, 0.1) is 0 Å². The largest absolute Gasteiger partial charge is 0.478 e. The molecule has 15 heavy (non-hydrogen) atoms. The summed E-state index contributed by atoms with van der Waals surface area (Å²) < 4.78 is 0. The van der Waals surface area contributed by atoms with Crippen LogP contribution in [-0.2, 0) is 16.0 Å². The summed E-state index contributed by atoms with van der Waals surface area (Å²) in [7, 11) is 0. The standard InChI is InChI=1S/C12H12O3/c1-9-2-4-10(5-3-9)8-11(13)6-7-12(14)15/h2-7H,8H2,1H3,(H,14,15)/b7-6+. The van der Waals surface area contributed by atoms with Crippen LogP contribution in [-0.4, -0.2) is 16.9 Å². The van der Waals surface area contributed by atoms with E-state index in [0.717, 1.165) is 23.3 Å². The molecule has 0 radical (unpaired) electrons. The lowest BCUT2D eigenvalue weighted by atomic mass is 10.1. The second-order valence-corrected chi connectivity index (χ2v) is 3.30. The Bertz CT molecular complexity index is 388. The molecule has 1 aromatic carbocycles. The maximum Gasteiger partial charge on any atom is 0.328 e. The quantitative estimate of drug-likeness (QED) is 0.760. The van der Waals surface area contributed by atoms with Crippen LogP contribution in [0.25, 0.3) is 0 Å². The van der Waals surface area contributed by atoms with Crippen LogP contribution < -0.4 is 0 Å². The van der Waals surface area contributed by atoms with Crippen molar-refractivity contribution in [2.45, 2.75) is 13.3 Å². The number of carboxylic acid groups (broad SMARTS) is 1. The molecule has 78 valence electrons. The Morgan fingerprint density at radius 2 is 1.80 bits per heavy atom. The lowest BCUT2D eigenvalue weighted by Crippen LogP contribution is -2.00. The van der Waals surface area contributed by atoms with Gasteiger partial charge in [0, 0.05) is 12.5 Å². The molecule has 0 spiro atoms. The summed E-state index contributed by atoms with van der Waals surface area (Å²) in [5.74, 6) is -1.31. The Morgan fingerprint density at radius 1 is 1.20 bits per heavy atom. The number of aliphatic carboxylic acids is 1. The third-order valence-corrected chi connectivity index (χ3v) is 1.91. The summed E-state index contributed by atoms with van der Waals surface area (Å²) in [6.45, 7) is 1.97. The van der Waals surface area contributed by atoms with E-state index in [-0.39, 0.29) is 12.2 Å². The molecule has 0 aromatic heterocycles. The summed E-state index contributed by atoms with van der Waals surface area (Å²) in [5.41, 5.74) is 2.02. The van der Waals surface area contributed by atoms with Gasteiger partial charge in [-0.1, -0.05) is 29.8 Å². The van der Waals surface area contributed by atoms with Gasteiger partial charge in [0.2, 0.25) is 0 Å². The first-order valence-corrected chi connectivity index (χ1v) is 4.57. The summed E-state index contributed by atoms with van der Waals surface area (Å²) in [4.78, 5) is 21.4. The summed E-state index contributed by atoms with van der Waals surface area (Å²) in [5, 5.41) is 8.33. The van der Waals surface area contributed by atoms with Crippen molar-refractivity contribution >= 4 is 11.8 Å². The third-order valence-electron chi connectivity index (χ3n) is 1.91. The van der Waals surface area contributed by atoms with Crippen molar-refractivity contribution in [1.82, 2.24) is 0 Å². The van der Waals surface area contributed by atoms with E-state index in [1.807, 2.05) is 31.2 Å². The molecule has 1 aromatic rings. The van der Waals surface area contributed by atoms with Crippen LogP contribution in [0.1, 0.15) is 11.1 Å².